The summed E-state index contributed by atoms with van der Waals surface area (Å²) in [6, 6.07) is 17.1. The van der Waals surface area contributed by atoms with E-state index in [4.69, 9.17) is 4.74 Å². The highest BCUT2D eigenvalue weighted by atomic mass is 16.5. The molecule has 0 aliphatic rings. The molecule has 0 aliphatic heterocycles. The van der Waals surface area contributed by atoms with E-state index in [0.717, 1.165) is 11.1 Å². The second-order valence-corrected chi connectivity index (χ2v) is 6.45. The van der Waals surface area contributed by atoms with Crippen LogP contribution < -0.4 is 4.57 Å². The SMILES string of the molecule is CCOC(=O)/C(C)=C/c1ccc(C[n+]2ccn(C(=O)c3ccccc3)c2)cc1. The van der Waals surface area contributed by atoms with Crippen LogP contribution in [-0.4, -0.2) is 23.1 Å². The average molecular weight is 375 g/mol. The van der Waals surface area contributed by atoms with Gasteiger partial charge in [-0.2, -0.15) is 4.57 Å². The molecule has 1 heterocycles. The van der Waals surface area contributed by atoms with Gasteiger partial charge in [-0.05, 0) is 43.2 Å². The minimum absolute atomic E-state index is 0.0609. The van der Waals surface area contributed by atoms with Crippen molar-refractivity contribution in [3.05, 3.63) is 95.6 Å². The highest BCUT2D eigenvalue weighted by Crippen LogP contribution is 2.10. The van der Waals surface area contributed by atoms with E-state index < -0.39 is 0 Å². The zero-order valence-electron chi connectivity index (χ0n) is 16.0. The molecule has 3 rings (SSSR count). The summed E-state index contributed by atoms with van der Waals surface area (Å²) in [5, 5.41) is 0. The molecule has 142 valence electrons. The lowest BCUT2D eigenvalue weighted by Crippen LogP contribution is -2.32. The van der Waals surface area contributed by atoms with Crippen molar-refractivity contribution in [3.8, 4) is 0 Å². The number of carbonyl (C=O) groups is 2. The van der Waals surface area contributed by atoms with Crippen LogP contribution in [0.15, 0.2) is 78.9 Å². The van der Waals surface area contributed by atoms with Gasteiger partial charge in [-0.1, -0.05) is 42.5 Å². The number of hydrogen-bond donors (Lipinski definition) is 0. The topological polar surface area (TPSA) is 52.2 Å². The Kier molecular flexibility index (Phi) is 6.17. The van der Waals surface area contributed by atoms with Crippen molar-refractivity contribution < 1.29 is 18.9 Å². The molecule has 0 spiro atoms. The lowest BCUT2D eigenvalue weighted by Gasteiger charge is -2.03. The number of hydrogen-bond acceptors (Lipinski definition) is 3. The van der Waals surface area contributed by atoms with Gasteiger partial charge < -0.3 is 4.74 Å². The summed E-state index contributed by atoms with van der Waals surface area (Å²) >= 11 is 0. The van der Waals surface area contributed by atoms with Gasteiger partial charge >= 0.3 is 11.9 Å². The van der Waals surface area contributed by atoms with Crippen molar-refractivity contribution in [3.63, 3.8) is 0 Å². The molecule has 2 aromatic carbocycles. The standard InChI is InChI=1S/C23H23N2O3/c1-3-28-23(27)18(2)15-19-9-11-20(12-10-19)16-24-13-14-25(17-24)22(26)21-7-5-4-6-8-21/h4-15,17H,3,16H2,1-2H3/q+1/b18-15+. The van der Waals surface area contributed by atoms with Crippen molar-refractivity contribution in [1.82, 2.24) is 4.57 Å². The normalized spacial score (nSPS) is 11.3. The van der Waals surface area contributed by atoms with Crippen molar-refractivity contribution in [2.45, 2.75) is 20.4 Å². The lowest BCUT2D eigenvalue weighted by molar-refractivity contribution is -0.687. The predicted octanol–water partition coefficient (Wildman–Crippen LogP) is 3.48. The number of benzene rings is 2. The van der Waals surface area contributed by atoms with Gasteiger partial charge in [0.05, 0.1) is 12.2 Å². The molecular formula is C23H23N2O3+. The largest absolute Gasteiger partial charge is 0.463 e. The zero-order valence-corrected chi connectivity index (χ0v) is 16.0. The Morgan fingerprint density at radius 3 is 2.46 bits per heavy atom. The first-order valence-corrected chi connectivity index (χ1v) is 9.18. The van der Waals surface area contributed by atoms with Crippen LogP contribution in [0.3, 0.4) is 0 Å². The van der Waals surface area contributed by atoms with E-state index in [1.807, 2.05) is 59.3 Å². The van der Waals surface area contributed by atoms with Crippen molar-refractivity contribution >= 4 is 18.0 Å². The van der Waals surface area contributed by atoms with Crippen LogP contribution in [0.4, 0.5) is 0 Å². The quantitative estimate of drug-likeness (QED) is 0.377. The molecule has 0 saturated carbocycles. The number of rotatable bonds is 6. The molecule has 0 N–H and O–H groups in total. The molecular weight excluding hydrogens is 352 g/mol. The molecule has 5 nitrogen and oxygen atoms in total. The van der Waals surface area contributed by atoms with Gasteiger partial charge in [0.25, 0.3) is 6.33 Å². The third-order valence-corrected chi connectivity index (χ3v) is 4.27. The molecule has 0 atom stereocenters. The van der Waals surface area contributed by atoms with Gasteiger partial charge in [0.2, 0.25) is 0 Å². The highest BCUT2D eigenvalue weighted by molar-refractivity contribution is 5.95. The Balaban J connectivity index is 1.67. The summed E-state index contributed by atoms with van der Waals surface area (Å²) in [5.41, 5.74) is 3.26. The van der Waals surface area contributed by atoms with Gasteiger partial charge in [-0.15, -0.1) is 0 Å². The Bertz CT molecular complexity index is 986. The van der Waals surface area contributed by atoms with E-state index in [9.17, 15) is 9.59 Å². The molecule has 0 aliphatic carbocycles. The van der Waals surface area contributed by atoms with E-state index in [2.05, 4.69) is 0 Å². The van der Waals surface area contributed by atoms with E-state index in [-0.39, 0.29) is 11.9 Å². The number of esters is 1. The third-order valence-electron chi connectivity index (χ3n) is 4.27. The molecule has 0 radical (unpaired) electrons. The number of aromatic nitrogens is 2. The smallest absolute Gasteiger partial charge is 0.345 e. The Labute approximate surface area is 164 Å². The van der Waals surface area contributed by atoms with E-state index in [0.29, 0.717) is 24.3 Å². The van der Waals surface area contributed by atoms with Crippen LogP contribution in [0.1, 0.15) is 35.3 Å². The van der Waals surface area contributed by atoms with Crippen LogP contribution in [-0.2, 0) is 16.1 Å². The average Bonchev–Trinajstić information content (AvgIpc) is 3.18. The third kappa shape index (κ3) is 4.82. The van der Waals surface area contributed by atoms with Crippen LogP contribution in [0, 0.1) is 0 Å². The molecule has 3 aromatic rings. The molecule has 1 aromatic heterocycles. The predicted molar refractivity (Wildman–Crippen MR) is 107 cm³/mol. The summed E-state index contributed by atoms with van der Waals surface area (Å²) in [6.07, 6.45) is 7.23. The maximum Gasteiger partial charge on any atom is 0.345 e. The van der Waals surface area contributed by atoms with Gasteiger partial charge in [0, 0.05) is 5.57 Å². The summed E-state index contributed by atoms with van der Waals surface area (Å²) in [5.74, 6) is -0.360. The van der Waals surface area contributed by atoms with Crippen molar-refractivity contribution in [2.75, 3.05) is 6.61 Å². The van der Waals surface area contributed by atoms with Crippen LogP contribution in [0.25, 0.3) is 6.08 Å². The Morgan fingerprint density at radius 2 is 1.79 bits per heavy atom. The first kappa shape index (κ1) is 19.3. The maximum absolute atomic E-state index is 12.5. The van der Waals surface area contributed by atoms with Gasteiger partial charge in [-0.25, -0.2) is 14.2 Å². The number of ether oxygens (including phenoxy) is 1. The summed E-state index contributed by atoms with van der Waals surface area (Å²) < 4.78 is 8.52. The highest BCUT2D eigenvalue weighted by Gasteiger charge is 2.15. The van der Waals surface area contributed by atoms with Gasteiger partial charge in [0.15, 0.2) is 0 Å². The van der Waals surface area contributed by atoms with E-state index in [1.165, 1.54) is 0 Å². The second kappa shape index (κ2) is 8.95. The van der Waals surface area contributed by atoms with Crippen LogP contribution in [0.5, 0.6) is 0 Å². The fraction of sp³-hybridized carbons (Fsp3) is 0.174. The van der Waals surface area contributed by atoms with Crippen molar-refractivity contribution in [1.29, 1.82) is 0 Å². The molecule has 0 amide bonds. The second-order valence-electron chi connectivity index (χ2n) is 6.45. The lowest BCUT2D eigenvalue weighted by atomic mass is 10.1. The molecule has 0 fully saturated rings. The maximum atomic E-state index is 12.5. The molecule has 0 bridgehead atoms. The van der Waals surface area contributed by atoms with Crippen LogP contribution in [0.2, 0.25) is 0 Å². The van der Waals surface area contributed by atoms with Gasteiger partial charge in [-0.3, -0.25) is 0 Å². The summed E-state index contributed by atoms with van der Waals surface area (Å²) in [6.45, 7) is 4.55. The van der Waals surface area contributed by atoms with E-state index >= 15 is 0 Å². The summed E-state index contributed by atoms with van der Waals surface area (Å²) in [7, 11) is 0. The van der Waals surface area contributed by atoms with Gasteiger partial charge in [0.1, 0.15) is 18.9 Å². The van der Waals surface area contributed by atoms with Crippen molar-refractivity contribution in [2.24, 2.45) is 0 Å². The van der Waals surface area contributed by atoms with Crippen LogP contribution >= 0.6 is 0 Å². The molecule has 0 unspecified atom stereocenters. The van der Waals surface area contributed by atoms with E-state index in [1.54, 1.807) is 43.1 Å². The fourth-order valence-electron chi connectivity index (χ4n) is 2.82. The first-order valence-electron chi connectivity index (χ1n) is 9.18. The monoisotopic (exact) mass is 375 g/mol. The minimum Gasteiger partial charge on any atom is -0.463 e. The zero-order chi connectivity index (χ0) is 19.9. The fourth-order valence-corrected chi connectivity index (χ4v) is 2.82. The Morgan fingerprint density at radius 1 is 1.07 bits per heavy atom. The number of carbonyl (C=O) groups excluding carboxylic acids is 2. The number of imidazole rings is 1. The summed E-state index contributed by atoms with van der Waals surface area (Å²) in [4.78, 5) is 24.2. The Hall–Kier alpha value is -3.47. The number of nitrogens with zero attached hydrogens (tertiary/aromatic N) is 2. The minimum atomic E-state index is -0.299. The molecule has 28 heavy (non-hydrogen) atoms. The molecule has 0 saturated heterocycles. The molecule has 5 heteroatoms. The first-order chi connectivity index (χ1) is 13.6.